The molecule has 1 rings (SSSR count). The van der Waals surface area contributed by atoms with Crippen LogP contribution in [0, 0.1) is 0 Å². The molecule has 44 valence electrons. The summed E-state index contributed by atoms with van der Waals surface area (Å²) in [6, 6.07) is 1.55. The number of nitrogens with two attached hydrogens (primary N) is 1. The Bertz CT molecular complexity index is 173. The molecule has 0 radical (unpaired) electrons. The fourth-order valence-electron chi connectivity index (χ4n) is 0.529. The van der Waals surface area contributed by atoms with Gasteiger partial charge in [-0.05, 0) is 6.07 Å². The summed E-state index contributed by atoms with van der Waals surface area (Å²) in [4.78, 5) is 0. The predicted molar refractivity (Wildman–Crippen MR) is 31.5 cm³/mol. The van der Waals surface area contributed by atoms with Crippen molar-refractivity contribution in [2.75, 3.05) is 5.73 Å². The molecule has 0 saturated heterocycles. The lowest BCUT2D eigenvalue weighted by Gasteiger charge is -1.92. The van der Waals surface area contributed by atoms with Crippen molar-refractivity contribution in [1.29, 1.82) is 0 Å². The fraction of sp³-hybridized carbons (Fsp3) is 0.200. The van der Waals surface area contributed by atoms with Crippen molar-refractivity contribution in [3.63, 3.8) is 0 Å². The highest BCUT2D eigenvalue weighted by Gasteiger charge is 1.96. The molecule has 0 fully saturated rings. The van der Waals surface area contributed by atoms with Gasteiger partial charge in [-0.1, -0.05) is 0 Å². The van der Waals surface area contributed by atoms with Crippen molar-refractivity contribution in [2.24, 2.45) is 7.05 Å². The molecule has 0 spiro atoms. The number of hydrogen-bond donors (Lipinski definition) is 2. The largest absolute Gasteiger partial charge is 0.504 e. The minimum absolute atomic E-state index is 0.146. The normalized spacial score (nSPS) is 9.62. The third kappa shape index (κ3) is 0.521. The molecule has 1 aromatic rings. The monoisotopic (exact) mass is 112 g/mol. The smallest absolute Gasteiger partial charge is 0.157 e. The molecule has 0 atom stereocenters. The Morgan fingerprint density at radius 2 is 2.38 bits per heavy atom. The van der Waals surface area contributed by atoms with E-state index in [0.29, 0.717) is 5.82 Å². The Morgan fingerprint density at radius 3 is 2.50 bits per heavy atom. The zero-order chi connectivity index (χ0) is 6.15. The van der Waals surface area contributed by atoms with E-state index < -0.39 is 0 Å². The average Bonchev–Trinajstić information content (AvgIpc) is 1.98. The highest BCUT2D eigenvalue weighted by atomic mass is 16.3. The number of aromatic hydroxyl groups is 1. The third-order valence-electron chi connectivity index (χ3n) is 1.10. The molecule has 3 nitrogen and oxygen atoms in total. The Kier molecular flexibility index (Phi) is 0.901. The standard InChI is InChI=1S/C5H8N2O/c1-7-3-2-4(8)5(7)6/h2-3,8H,6H2,1H3. The Balaban J connectivity index is 3.19. The minimum Gasteiger partial charge on any atom is -0.504 e. The van der Waals surface area contributed by atoms with Gasteiger partial charge in [0.05, 0.1) is 0 Å². The molecule has 1 aromatic heterocycles. The van der Waals surface area contributed by atoms with Gasteiger partial charge in [-0.2, -0.15) is 0 Å². The molecular formula is C5H8N2O. The number of aryl methyl sites for hydroxylation is 1. The topological polar surface area (TPSA) is 51.2 Å². The van der Waals surface area contributed by atoms with E-state index in [0.717, 1.165) is 0 Å². The number of nitrogens with zero attached hydrogens (tertiary/aromatic N) is 1. The molecule has 0 aliphatic rings. The number of nitrogen functional groups attached to an aromatic ring is 1. The number of aromatic nitrogens is 1. The first-order valence-electron chi connectivity index (χ1n) is 2.31. The molecule has 0 bridgehead atoms. The van der Waals surface area contributed by atoms with E-state index in [2.05, 4.69) is 0 Å². The van der Waals surface area contributed by atoms with Gasteiger partial charge in [-0.25, -0.2) is 0 Å². The Morgan fingerprint density at radius 1 is 1.75 bits per heavy atom. The van der Waals surface area contributed by atoms with Crippen LogP contribution in [0.5, 0.6) is 5.75 Å². The SMILES string of the molecule is Cn1ccc(O)c1N. The summed E-state index contributed by atoms with van der Waals surface area (Å²) in [5, 5.41) is 8.79. The second kappa shape index (κ2) is 1.43. The van der Waals surface area contributed by atoms with Crippen LogP contribution in [0.3, 0.4) is 0 Å². The third-order valence-corrected chi connectivity index (χ3v) is 1.10. The number of hydrogen-bond acceptors (Lipinski definition) is 2. The fourth-order valence-corrected chi connectivity index (χ4v) is 0.529. The molecule has 0 aliphatic carbocycles. The molecule has 0 aliphatic heterocycles. The van der Waals surface area contributed by atoms with Crippen LogP contribution in [0.4, 0.5) is 5.82 Å². The first-order chi connectivity index (χ1) is 3.72. The highest BCUT2D eigenvalue weighted by Crippen LogP contribution is 2.17. The predicted octanol–water partition coefficient (Wildman–Crippen LogP) is 0.313. The van der Waals surface area contributed by atoms with Crippen molar-refractivity contribution in [2.45, 2.75) is 0 Å². The second-order valence-corrected chi connectivity index (χ2v) is 1.70. The molecule has 0 aromatic carbocycles. The second-order valence-electron chi connectivity index (χ2n) is 1.70. The van der Waals surface area contributed by atoms with Gasteiger partial charge in [-0.3, -0.25) is 0 Å². The van der Waals surface area contributed by atoms with E-state index in [-0.39, 0.29) is 5.75 Å². The lowest BCUT2D eigenvalue weighted by Crippen LogP contribution is -1.93. The highest BCUT2D eigenvalue weighted by molar-refractivity contribution is 5.46. The van der Waals surface area contributed by atoms with E-state index in [1.54, 1.807) is 23.9 Å². The maximum atomic E-state index is 8.79. The molecule has 0 unspecified atom stereocenters. The van der Waals surface area contributed by atoms with Crippen molar-refractivity contribution < 1.29 is 5.11 Å². The summed E-state index contributed by atoms with van der Waals surface area (Å²) in [6.07, 6.45) is 1.70. The van der Waals surface area contributed by atoms with Gasteiger partial charge in [0.2, 0.25) is 0 Å². The zero-order valence-corrected chi connectivity index (χ0v) is 4.63. The Labute approximate surface area is 47.3 Å². The van der Waals surface area contributed by atoms with Crippen LogP contribution in [-0.2, 0) is 7.05 Å². The van der Waals surface area contributed by atoms with Crippen LogP contribution < -0.4 is 5.73 Å². The van der Waals surface area contributed by atoms with Crippen molar-refractivity contribution >= 4 is 5.82 Å². The molecular weight excluding hydrogens is 104 g/mol. The van der Waals surface area contributed by atoms with E-state index in [1.807, 2.05) is 0 Å². The Hall–Kier alpha value is -1.12. The van der Waals surface area contributed by atoms with Gasteiger partial charge < -0.3 is 15.4 Å². The molecule has 3 N–H and O–H groups in total. The maximum Gasteiger partial charge on any atom is 0.157 e. The van der Waals surface area contributed by atoms with Crippen molar-refractivity contribution in [1.82, 2.24) is 4.57 Å². The van der Waals surface area contributed by atoms with Crippen LogP contribution in [0.15, 0.2) is 12.3 Å². The van der Waals surface area contributed by atoms with Crippen LogP contribution in [0.2, 0.25) is 0 Å². The molecule has 0 saturated carbocycles. The quantitative estimate of drug-likeness (QED) is 0.507. The van der Waals surface area contributed by atoms with Crippen LogP contribution in [-0.4, -0.2) is 9.67 Å². The summed E-state index contributed by atoms with van der Waals surface area (Å²) in [5.41, 5.74) is 5.31. The number of anilines is 1. The summed E-state index contributed by atoms with van der Waals surface area (Å²) >= 11 is 0. The van der Waals surface area contributed by atoms with E-state index in [9.17, 15) is 0 Å². The van der Waals surface area contributed by atoms with Crippen molar-refractivity contribution in [3.8, 4) is 5.75 Å². The van der Waals surface area contributed by atoms with E-state index in [1.165, 1.54) is 0 Å². The summed E-state index contributed by atoms with van der Waals surface area (Å²) in [7, 11) is 1.77. The molecule has 1 heterocycles. The minimum atomic E-state index is 0.146. The van der Waals surface area contributed by atoms with Crippen molar-refractivity contribution in [3.05, 3.63) is 12.3 Å². The first-order valence-corrected chi connectivity index (χ1v) is 2.31. The first kappa shape index (κ1) is 5.03. The van der Waals surface area contributed by atoms with Crippen LogP contribution in [0.1, 0.15) is 0 Å². The average molecular weight is 112 g/mol. The summed E-state index contributed by atoms with van der Waals surface area (Å²) in [5.74, 6) is 0.553. The van der Waals surface area contributed by atoms with Gasteiger partial charge >= 0.3 is 0 Å². The zero-order valence-electron chi connectivity index (χ0n) is 4.63. The maximum absolute atomic E-state index is 8.79. The number of rotatable bonds is 0. The van der Waals surface area contributed by atoms with Gasteiger partial charge in [0.15, 0.2) is 5.75 Å². The van der Waals surface area contributed by atoms with Gasteiger partial charge in [0.1, 0.15) is 5.82 Å². The van der Waals surface area contributed by atoms with E-state index in [4.69, 9.17) is 10.8 Å². The van der Waals surface area contributed by atoms with Gasteiger partial charge in [0.25, 0.3) is 0 Å². The van der Waals surface area contributed by atoms with Gasteiger partial charge in [0, 0.05) is 13.2 Å². The summed E-state index contributed by atoms with van der Waals surface area (Å²) in [6.45, 7) is 0. The van der Waals surface area contributed by atoms with E-state index >= 15 is 0 Å². The van der Waals surface area contributed by atoms with Crippen LogP contribution >= 0.6 is 0 Å². The van der Waals surface area contributed by atoms with Crippen LogP contribution in [0.25, 0.3) is 0 Å². The molecule has 3 heteroatoms. The molecule has 8 heavy (non-hydrogen) atoms. The van der Waals surface area contributed by atoms with Gasteiger partial charge in [-0.15, -0.1) is 0 Å². The lowest BCUT2D eigenvalue weighted by molar-refractivity contribution is 0.478. The molecule has 0 amide bonds. The summed E-state index contributed by atoms with van der Waals surface area (Å²) < 4.78 is 1.65. The lowest BCUT2D eigenvalue weighted by atomic mass is 10.6.